The van der Waals surface area contributed by atoms with Gasteiger partial charge < -0.3 is 5.43 Å². The number of pyridine rings is 1. The van der Waals surface area contributed by atoms with E-state index in [9.17, 15) is 10.1 Å². The van der Waals surface area contributed by atoms with E-state index in [1.54, 1.807) is 0 Å². The van der Waals surface area contributed by atoms with Crippen LogP contribution in [0.2, 0.25) is 0 Å². The number of anilines is 1. The highest BCUT2D eigenvalue weighted by Gasteiger charge is 2.22. The third-order valence-electron chi connectivity index (χ3n) is 1.59. The fourth-order valence-electron chi connectivity index (χ4n) is 1.02. The lowest BCUT2D eigenvalue weighted by Crippen LogP contribution is -2.12. The number of hydrogen-bond acceptors (Lipinski definition) is 6. The minimum atomic E-state index is -0.443. The van der Waals surface area contributed by atoms with Crippen LogP contribution in [0, 0.1) is 10.1 Å². The molecule has 1 heterocycles. The van der Waals surface area contributed by atoms with E-state index in [-0.39, 0.29) is 10.4 Å². The third-order valence-corrected chi connectivity index (χ3v) is 2.69. The molecule has 1 rings (SSSR count). The lowest BCUT2D eigenvalue weighted by molar-refractivity contribution is -0.388. The Bertz CT molecular complexity index is 403. The van der Waals surface area contributed by atoms with E-state index in [2.05, 4.69) is 10.4 Å². The van der Waals surface area contributed by atoms with Gasteiger partial charge in [-0.05, 0) is 6.07 Å². The number of hydrazine groups is 1. The molecule has 6 nitrogen and oxygen atoms in total. The maximum atomic E-state index is 10.8. The quantitative estimate of drug-likeness (QED) is 0.365. The number of hydrogen-bond donors (Lipinski definition) is 2. The molecule has 0 saturated heterocycles. The van der Waals surface area contributed by atoms with Crippen molar-refractivity contribution in [3.8, 4) is 0 Å². The van der Waals surface area contributed by atoms with E-state index < -0.39 is 4.92 Å². The molecular formula is C9H14N4O2S. The zero-order chi connectivity index (χ0) is 12.3. The molecule has 0 radical (unpaired) electrons. The van der Waals surface area contributed by atoms with Gasteiger partial charge in [-0.2, -0.15) is 0 Å². The van der Waals surface area contributed by atoms with Crippen molar-refractivity contribution in [2.45, 2.75) is 30.5 Å². The Labute approximate surface area is 97.7 Å². The summed E-state index contributed by atoms with van der Waals surface area (Å²) in [6, 6.07) is 2.88. The number of aromatic nitrogens is 1. The number of rotatable bonds is 3. The summed E-state index contributed by atoms with van der Waals surface area (Å²) in [5, 5.41) is 11.2. The first-order valence-electron chi connectivity index (χ1n) is 4.64. The Hall–Kier alpha value is -1.34. The van der Waals surface area contributed by atoms with Crippen molar-refractivity contribution in [1.82, 2.24) is 4.98 Å². The summed E-state index contributed by atoms with van der Waals surface area (Å²) in [6.45, 7) is 5.89. The fraction of sp³-hybridized carbons (Fsp3) is 0.444. The highest BCUT2D eigenvalue weighted by molar-refractivity contribution is 8.00. The summed E-state index contributed by atoms with van der Waals surface area (Å²) in [7, 11) is 0. The minimum absolute atomic E-state index is 0.000995. The van der Waals surface area contributed by atoms with Crippen molar-refractivity contribution in [3.05, 3.63) is 22.2 Å². The van der Waals surface area contributed by atoms with Crippen LogP contribution in [-0.4, -0.2) is 14.7 Å². The van der Waals surface area contributed by atoms with Gasteiger partial charge in [0.2, 0.25) is 0 Å². The lowest BCUT2D eigenvalue weighted by Gasteiger charge is -2.16. The van der Waals surface area contributed by atoms with E-state index in [4.69, 9.17) is 5.84 Å². The van der Waals surface area contributed by atoms with Crippen molar-refractivity contribution in [2.75, 3.05) is 5.43 Å². The van der Waals surface area contributed by atoms with E-state index in [1.165, 1.54) is 23.9 Å². The van der Waals surface area contributed by atoms with E-state index >= 15 is 0 Å². The van der Waals surface area contributed by atoms with Gasteiger partial charge in [-0.15, -0.1) is 0 Å². The molecule has 0 saturated carbocycles. The van der Waals surface area contributed by atoms with Gasteiger partial charge in [0.1, 0.15) is 5.82 Å². The van der Waals surface area contributed by atoms with Crippen molar-refractivity contribution >= 4 is 23.3 Å². The molecule has 0 aliphatic heterocycles. The van der Waals surface area contributed by atoms with E-state index in [0.29, 0.717) is 10.8 Å². The Morgan fingerprint density at radius 1 is 1.50 bits per heavy atom. The molecule has 0 aromatic carbocycles. The zero-order valence-electron chi connectivity index (χ0n) is 9.35. The van der Waals surface area contributed by atoms with Crippen LogP contribution in [0.15, 0.2) is 17.2 Å². The van der Waals surface area contributed by atoms with Crippen molar-refractivity contribution in [2.24, 2.45) is 5.84 Å². The number of thioether (sulfide) groups is 1. The molecule has 0 atom stereocenters. The van der Waals surface area contributed by atoms with Gasteiger partial charge in [0, 0.05) is 10.8 Å². The summed E-state index contributed by atoms with van der Waals surface area (Å²) in [6.07, 6.45) is 0. The maximum Gasteiger partial charge on any atom is 0.301 e. The molecule has 0 aliphatic rings. The van der Waals surface area contributed by atoms with Crippen LogP contribution in [0.4, 0.5) is 11.5 Å². The van der Waals surface area contributed by atoms with Crippen molar-refractivity contribution in [3.63, 3.8) is 0 Å². The Morgan fingerprint density at radius 2 is 2.12 bits per heavy atom. The zero-order valence-corrected chi connectivity index (χ0v) is 10.2. The van der Waals surface area contributed by atoms with Crippen molar-refractivity contribution in [1.29, 1.82) is 0 Å². The molecule has 7 heteroatoms. The molecule has 0 bridgehead atoms. The fourth-order valence-corrected chi connectivity index (χ4v) is 1.99. The molecule has 16 heavy (non-hydrogen) atoms. The van der Waals surface area contributed by atoms with Gasteiger partial charge in [0.05, 0.1) is 4.92 Å². The first kappa shape index (κ1) is 12.7. The number of nitrogens with two attached hydrogens (primary N) is 1. The average molecular weight is 242 g/mol. The largest absolute Gasteiger partial charge is 0.308 e. The molecule has 3 N–H and O–H groups in total. The van der Waals surface area contributed by atoms with Crippen LogP contribution in [-0.2, 0) is 0 Å². The van der Waals surface area contributed by atoms with Crippen LogP contribution < -0.4 is 11.3 Å². The molecular weight excluding hydrogens is 228 g/mol. The minimum Gasteiger partial charge on any atom is -0.308 e. The Balaban J connectivity index is 3.15. The number of nitrogens with zero attached hydrogens (tertiary/aromatic N) is 2. The normalized spacial score (nSPS) is 11.2. The Kier molecular flexibility index (Phi) is 3.71. The van der Waals surface area contributed by atoms with Gasteiger partial charge in [-0.25, -0.2) is 10.8 Å². The van der Waals surface area contributed by atoms with Crippen LogP contribution >= 0.6 is 11.8 Å². The highest BCUT2D eigenvalue weighted by atomic mass is 32.2. The Morgan fingerprint density at radius 3 is 2.56 bits per heavy atom. The smallest absolute Gasteiger partial charge is 0.301 e. The first-order valence-corrected chi connectivity index (χ1v) is 5.46. The molecule has 0 aliphatic carbocycles. The van der Waals surface area contributed by atoms with E-state index in [0.717, 1.165) is 0 Å². The predicted octanol–water partition coefficient (Wildman–Crippen LogP) is 2.17. The number of nitrogens with one attached hydrogen (secondary N) is 1. The standard InChI is InChI=1S/C9H14N4O2S/c1-9(2,3)16-8-6(13(14)15)4-5-7(11-8)12-10/h4-5H,10H2,1-3H3,(H,11,12). The summed E-state index contributed by atoms with van der Waals surface area (Å²) in [4.78, 5) is 14.4. The first-order chi connectivity index (χ1) is 7.33. The predicted molar refractivity (Wildman–Crippen MR) is 64.3 cm³/mol. The lowest BCUT2D eigenvalue weighted by atomic mass is 10.3. The van der Waals surface area contributed by atoms with Crippen LogP contribution in [0.5, 0.6) is 0 Å². The average Bonchev–Trinajstić information content (AvgIpc) is 2.14. The van der Waals surface area contributed by atoms with E-state index in [1.807, 2.05) is 20.8 Å². The third kappa shape index (κ3) is 3.35. The number of nitrogen functional groups attached to an aromatic ring is 1. The van der Waals surface area contributed by atoms with Gasteiger partial charge >= 0.3 is 5.69 Å². The van der Waals surface area contributed by atoms with Gasteiger partial charge in [0.25, 0.3) is 0 Å². The molecule has 88 valence electrons. The van der Waals surface area contributed by atoms with Gasteiger partial charge in [0.15, 0.2) is 5.03 Å². The van der Waals surface area contributed by atoms with Crippen molar-refractivity contribution < 1.29 is 4.92 Å². The van der Waals surface area contributed by atoms with Crippen LogP contribution in [0.1, 0.15) is 20.8 Å². The summed E-state index contributed by atoms with van der Waals surface area (Å²) in [5.41, 5.74) is 2.37. The summed E-state index contributed by atoms with van der Waals surface area (Å²) >= 11 is 1.34. The second-order valence-corrected chi connectivity index (χ2v) is 5.95. The molecule has 0 fully saturated rings. The number of nitro groups is 1. The molecule has 0 amide bonds. The maximum absolute atomic E-state index is 10.8. The highest BCUT2D eigenvalue weighted by Crippen LogP contribution is 2.36. The molecule has 1 aromatic heterocycles. The second kappa shape index (κ2) is 4.67. The molecule has 0 unspecified atom stereocenters. The van der Waals surface area contributed by atoms with Crippen LogP contribution in [0.25, 0.3) is 0 Å². The SMILES string of the molecule is CC(C)(C)Sc1nc(NN)ccc1[N+](=O)[O-]. The van der Waals surface area contributed by atoms with Gasteiger partial charge in [-0.1, -0.05) is 32.5 Å². The summed E-state index contributed by atoms with van der Waals surface area (Å²) < 4.78 is -0.148. The monoisotopic (exact) mass is 242 g/mol. The molecule has 0 spiro atoms. The second-order valence-electron chi connectivity index (χ2n) is 4.14. The van der Waals surface area contributed by atoms with Gasteiger partial charge in [-0.3, -0.25) is 10.1 Å². The molecule has 1 aromatic rings. The topological polar surface area (TPSA) is 94.1 Å². The summed E-state index contributed by atoms with van der Waals surface area (Å²) in [5.74, 6) is 5.63. The van der Waals surface area contributed by atoms with Crippen LogP contribution in [0.3, 0.4) is 0 Å².